The molecule has 2 heteroatoms. The maximum Gasteiger partial charge on any atom is 0.0408 e. The molecule has 1 N–H and O–H groups in total. The molecule has 0 aromatic heterocycles. The molecule has 0 saturated heterocycles. The Morgan fingerprint density at radius 3 is 2.61 bits per heavy atom. The number of hydrogen-bond acceptors (Lipinski definition) is 1. The molecule has 0 radical (unpaired) electrons. The van der Waals surface area contributed by atoms with E-state index < -0.39 is 0 Å². The summed E-state index contributed by atoms with van der Waals surface area (Å²) in [5.41, 5.74) is 5.13. The Hall–Kier alpha value is -1.47. The largest absolute Gasteiger partial charge is 0.384 e. The highest BCUT2D eigenvalue weighted by molar-refractivity contribution is 6.30. The van der Waals surface area contributed by atoms with Crippen molar-refractivity contribution in [3.05, 3.63) is 64.2 Å². The van der Waals surface area contributed by atoms with Gasteiger partial charge in [-0.3, -0.25) is 0 Å². The van der Waals surface area contributed by atoms with Crippen molar-refractivity contribution in [2.45, 2.75) is 20.3 Å². The van der Waals surface area contributed by atoms with E-state index in [-0.39, 0.29) is 0 Å². The van der Waals surface area contributed by atoms with Crippen molar-refractivity contribution in [3.63, 3.8) is 0 Å². The highest BCUT2D eigenvalue weighted by Crippen LogP contribution is 2.18. The zero-order valence-corrected chi connectivity index (χ0v) is 11.6. The number of hydrogen-bond donors (Lipinski definition) is 1. The Bertz CT molecular complexity index is 534. The number of nitrogens with one attached hydrogen (secondary N) is 1. The van der Waals surface area contributed by atoms with Gasteiger partial charge in [0.1, 0.15) is 0 Å². The van der Waals surface area contributed by atoms with E-state index in [1.165, 1.54) is 22.4 Å². The fraction of sp³-hybridized carbons (Fsp3) is 0.250. The third kappa shape index (κ3) is 3.27. The predicted octanol–water partition coefficient (Wildman–Crippen LogP) is 4.61. The van der Waals surface area contributed by atoms with E-state index in [0.717, 1.165) is 18.0 Å². The van der Waals surface area contributed by atoms with E-state index >= 15 is 0 Å². The van der Waals surface area contributed by atoms with Gasteiger partial charge in [-0.05, 0) is 55.2 Å². The highest BCUT2D eigenvalue weighted by Gasteiger charge is 2.00. The van der Waals surface area contributed by atoms with Crippen LogP contribution in [0.5, 0.6) is 0 Å². The molecule has 0 fully saturated rings. The van der Waals surface area contributed by atoms with E-state index in [1.807, 2.05) is 18.2 Å². The van der Waals surface area contributed by atoms with Gasteiger partial charge in [0.15, 0.2) is 0 Å². The SMILES string of the molecule is Cc1cccc(NCCc2cccc(Cl)c2)c1C. The third-order valence-corrected chi connectivity index (χ3v) is 3.46. The predicted molar refractivity (Wildman–Crippen MR) is 79.6 cm³/mol. The molecule has 0 aliphatic rings. The lowest BCUT2D eigenvalue weighted by Gasteiger charge is -2.11. The van der Waals surface area contributed by atoms with Crippen molar-refractivity contribution >= 4 is 17.3 Å². The monoisotopic (exact) mass is 259 g/mol. The van der Waals surface area contributed by atoms with E-state index in [9.17, 15) is 0 Å². The van der Waals surface area contributed by atoms with Crippen molar-refractivity contribution in [1.82, 2.24) is 0 Å². The molecular formula is C16H18ClN. The minimum atomic E-state index is 0.805. The first-order valence-electron chi connectivity index (χ1n) is 6.21. The van der Waals surface area contributed by atoms with Gasteiger partial charge in [0.05, 0.1) is 0 Å². The zero-order chi connectivity index (χ0) is 13.0. The van der Waals surface area contributed by atoms with Crippen LogP contribution in [0.3, 0.4) is 0 Å². The van der Waals surface area contributed by atoms with Gasteiger partial charge in [0, 0.05) is 17.3 Å². The summed E-state index contributed by atoms with van der Waals surface area (Å²) in [6.07, 6.45) is 0.980. The zero-order valence-electron chi connectivity index (χ0n) is 10.8. The van der Waals surface area contributed by atoms with Crippen LogP contribution in [0.2, 0.25) is 5.02 Å². The lowest BCUT2D eigenvalue weighted by Crippen LogP contribution is -2.06. The quantitative estimate of drug-likeness (QED) is 0.845. The van der Waals surface area contributed by atoms with Crippen molar-refractivity contribution in [2.24, 2.45) is 0 Å². The van der Waals surface area contributed by atoms with Crippen molar-refractivity contribution in [3.8, 4) is 0 Å². The molecule has 2 aromatic rings. The van der Waals surface area contributed by atoms with Gasteiger partial charge in [0.25, 0.3) is 0 Å². The average molecular weight is 260 g/mol. The van der Waals surface area contributed by atoms with Gasteiger partial charge >= 0.3 is 0 Å². The summed E-state index contributed by atoms with van der Waals surface area (Å²) < 4.78 is 0. The molecule has 0 amide bonds. The van der Waals surface area contributed by atoms with Gasteiger partial charge in [-0.25, -0.2) is 0 Å². The fourth-order valence-electron chi connectivity index (χ4n) is 1.98. The van der Waals surface area contributed by atoms with Gasteiger partial charge in [-0.15, -0.1) is 0 Å². The lowest BCUT2D eigenvalue weighted by molar-refractivity contribution is 1.02. The number of benzene rings is 2. The molecule has 2 aromatic carbocycles. The lowest BCUT2D eigenvalue weighted by atomic mass is 10.1. The second kappa shape index (κ2) is 5.92. The van der Waals surface area contributed by atoms with E-state index in [0.29, 0.717) is 0 Å². The molecule has 0 aliphatic carbocycles. The molecule has 0 bridgehead atoms. The fourth-order valence-corrected chi connectivity index (χ4v) is 2.19. The smallest absolute Gasteiger partial charge is 0.0408 e. The molecule has 2 rings (SSSR count). The minimum absolute atomic E-state index is 0.805. The molecule has 18 heavy (non-hydrogen) atoms. The summed E-state index contributed by atoms with van der Waals surface area (Å²) in [6.45, 7) is 5.21. The maximum atomic E-state index is 5.97. The van der Waals surface area contributed by atoms with Gasteiger partial charge in [-0.2, -0.15) is 0 Å². The van der Waals surface area contributed by atoms with Crippen LogP contribution in [0, 0.1) is 13.8 Å². The summed E-state index contributed by atoms with van der Waals surface area (Å²) in [5, 5.41) is 4.28. The minimum Gasteiger partial charge on any atom is -0.384 e. The Balaban J connectivity index is 1.94. The Morgan fingerprint density at radius 2 is 1.83 bits per heavy atom. The van der Waals surface area contributed by atoms with Crippen LogP contribution in [0.15, 0.2) is 42.5 Å². The first kappa shape index (κ1) is 13.0. The maximum absolute atomic E-state index is 5.97. The Kier molecular flexibility index (Phi) is 4.27. The Morgan fingerprint density at radius 1 is 1.06 bits per heavy atom. The number of aryl methyl sites for hydroxylation is 1. The molecule has 0 unspecified atom stereocenters. The second-order valence-electron chi connectivity index (χ2n) is 4.55. The van der Waals surface area contributed by atoms with Crippen LogP contribution in [0.4, 0.5) is 5.69 Å². The van der Waals surface area contributed by atoms with Crippen molar-refractivity contribution in [1.29, 1.82) is 0 Å². The molecule has 0 atom stereocenters. The van der Waals surface area contributed by atoms with E-state index in [1.54, 1.807) is 0 Å². The van der Waals surface area contributed by atoms with Gasteiger partial charge in [0.2, 0.25) is 0 Å². The van der Waals surface area contributed by atoms with E-state index in [2.05, 4.69) is 43.4 Å². The molecule has 0 saturated carbocycles. The van der Waals surface area contributed by atoms with Crippen LogP contribution < -0.4 is 5.32 Å². The number of anilines is 1. The summed E-state index contributed by atoms with van der Waals surface area (Å²) in [6, 6.07) is 14.4. The standard InChI is InChI=1S/C16H18ClN/c1-12-5-3-8-16(13(12)2)18-10-9-14-6-4-7-15(17)11-14/h3-8,11,18H,9-10H2,1-2H3. The van der Waals surface area contributed by atoms with Gasteiger partial charge < -0.3 is 5.32 Å². The van der Waals surface area contributed by atoms with Crippen LogP contribution in [-0.4, -0.2) is 6.54 Å². The van der Waals surface area contributed by atoms with Gasteiger partial charge in [-0.1, -0.05) is 35.9 Å². The molecule has 94 valence electrons. The molecule has 0 aliphatic heterocycles. The second-order valence-corrected chi connectivity index (χ2v) is 4.99. The molecule has 1 nitrogen and oxygen atoms in total. The normalized spacial score (nSPS) is 10.4. The summed E-state index contributed by atoms with van der Waals surface area (Å²) in [4.78, 5) is 0. The van der Waals surface area contributed by atoms with Crippen molar-refractivity contribution in [2.75, 3.05) is 11.9 Å². The number of halogens is 1. The summed E-state index contributed by atoms with van der Waals surface area (Å²) in [7, 11) is 0. The highest BCUT2D eigenvalue weighted by atomic mass is 35.5. The van der Waals surface area contributed by atoms with Crippen LogP contribution >= 0.6 is 11.6 Å². The summed E-state index contributed by atoms with van der Waals surface area (Å²) >= 11 is 5.97. The average Bonchev–Trinajstić information content (AvgIpc) is 2.35. The van der Waals surface area contributed by atoms with Crippen LogP contribution in [-0.2, 0) is 6.42 Å². The molecular weight excluding hydrogens is 242 g/mol. The first-order valence-corrected chi connectivity index (χ1v) is 6.59. The first-order chi connectivity index (χ1) is 8.66. The molecule has 0 heterocycles. The van der Waals surface area contributed by atoms with Crippen molar-refractivity contribution < 1.29 is 0 Å². The Labute approximate surface area is 114 Å². The number of rotatable bonds is 4. The van der Waals surface area contributed by atoms with E-state index in [4.69, 9.17) is 11.6 Å². The third-order valence-electron chi connectivity index (χ3n) is 3.22. The molecule has 0 spiro atoms. The topological polar surface area (TPSA) is 12.0 Å². The summed E-state index contributed by atoms with van der Waals surface area (Å²) in [5.74, 6) is 0. The van der Waals surface area contributed by atoms with Crippen LogP contribution in [0.1, 0.15) is 16.7 Å². The van der Waals surface area contributed by atoms with Crippen LogP contribution in [0.25, 0.3) is 0 Å².